The number of imide groups is 1. The summed E-state index contributed by atoms with van der Waals surface area (Å²) in [6, 6.07) is 6.92. The third-order valence-electron chi connectivity index (χ3n) is 3.39. The van der Waals surface area contributed by atoms with Crippen LogP contribution in [-0.2, 0) is 0 Å². The van der Waals surface area contributed by atoms with Crippen molar-refractivity contribution in [3.8, 4) is 0 Å². The molecule has 0 atom stereocenters. The smallest absolute Gasteiger partial charge is 0.267 e. The van der Waals surface area contributed by atoms with E-state index in [0.717, 1.165) is 10.5 Å². The van der Waals surface area contributed by atoms with E-state index in [1.54, 1.807) is 24.3 Å². The molecule has 0 saturated heterocycles. The number of carbonyl (C=O) groups excluding carboxylic acids is 2. The molecule has 112 valence electrons. The Morgan fingerprint density at radius 3 is 1.55 bits per heavy atom. The van der Waals surface area contributed by atoms with Gasteiger partial charge in [0.15, 0.2) is 0 Å². The van der Waals surface area contributed by atoms with Crippen LogP contribution in [0.4, 0.5) is 5.69 Å². The van der Waals surface area contributed by atoms with Gasteiger partial charge in [0.25, 0.3) is 11.8 Å². The SMILES string of the molecule is Cc1ccc(N2C(=O)c3c(Cl)c(Cl)c(Cl)c(Cl)c3C2=O)cc1. The van der Waals surface area contributed by atoms with Gasteiger partial charge in [-0.3, -0.25) is 9.59 Å². The number of hydrogen-bond acceptors (Lipinski definition) is 2. The third-order valence-corrected chi connectivity index (χ3v) is 5.20. The molecule has 7 heteroatoms. The number of hydrogen-bond donors (Lipinski definition) is 0. The van der Waals surface area contributed by atoms with Crippen LogP contribution in [0.25, 0.3) is 0 Å². The maximum Gasteiger partial charge on any atom is 0.267 e. The minimum absolute atomic E-state index is 0.0216. The zero-order chi connectivity index (χ0) is 16.2. The summed E-state index contributed by atoms with van der Waals surface area (Å²) in [5.74, 6) is -1.15. The Morgan fingerprint density at radius 2 is 1.14 bits per heavy atom. The topological polar surface area (TPSA) is 37.4 Å². The van der Waals surface area contributed by atoms with Gasteiger partial charge in [0.1, 0.15) is 0 Å². The molecule has 3 nitrogen and oxygen atoms in total. The molecule has 0 fully saturated rings. The lowest BCUT2D eigenvalue weighted by molar-refractivity contribution is 0.0926. The highest BCUT2D eigenvalue weighted by Crippen LogP contribution is 2.45. The fourth-order valence-electron chi connectivity index (χ4n) is 2.28. The van der Waals surface area contributed by atoms with Gasteiger partial charge in [0.2, 0.25) is 0 Å². The minimum Gasteiger partial charge on any atom is -0.268 e. The molecule has 3 rings (SSSR count). The molecule has 0 N–H and O–H groups in total. The highest BCUT2D eigenvalue weighted by atomic mass is 35.5. The molecule has 0 radical (unpaired) electrons. The van der Waals surface area contributed by atoms with Crippen LogP contribution in [-0.4, -0.2) is 11.8 Å². The lowest BCUT2D eigenvalue weighted by atomic mass is 10.1. The summed E-state index contributed by atoms with van der Waals surface area (Å²) in [5, 5.41) is -0.226. The van der Waals surface area contributed by atoms with Gasteiger partial charge in [0.05, 0.1) is 36.9 Å². The first-order chi connectivity index (χ1) is 10.3. The molecule has 0 saturated carbocycles. The average Bonchev–Trinajstić information content (AvgIpc) is 2.75. The van der Waals surface area contributed by atoms with E-state index in [4.69, 9.17) is 46.4 Å². The Kier molecular flexibility index (Phi) is 3.86. The molecule has 2 aromatic rings. The van der Waals surface area contributed by atoms with Gasteiger partial charge < -0.3 is 0 Å². The van der Waals surface area contributed by atoms with Crippen LogP contribution in [0.15, 0.2) is 24.3 Å². The Morgan fingerprint density at radius 1 is 0.727 bits per heavy atom. The van der Waals surface area contributed by atoms with Crippen LogP contribution >= 0.6 is 46.4 Å². The molecule has 2 amide bonds. The van der Waals surface area contributed by atoms with E-state index in [9.17, 15) is 9.59 Å². The number of aryl methyl sites for hydroxylation is 1. The van der Waals surface area contributed by atoms with Gasteiger partial charge in [-0.25, -0.2) is 4.90 Å². The second-order valence-electron chi connectivity index (χ2n) is 4.79. The van der Waals surface area contributed by atoms with Gasteiger partial charge in [-0.15, -0.1) is 0 Å². The lowest BCUT2D eigenvalue weighted by Gasteiger charge is -2.13. The Balaban J connectivity index is 2.23. The lowest BCUT2D eigenvalue weighted by Crippen LogP contribution is -2.29. The number of carbonyl (C=O) groups is 2. The second kappa shape index (κ2) is 5.43. The molecule has 1 heterocycles. The number of fused-ring (bicyclic) bond motifs is 1. The summed E-state index contributed by atoms with van der Waals surface area (Å²) >= 11 is 24.1. The average molecular weight is 375 g/mol. The summed E-state index contributed by atoms with van der Waals surface area (Å²) in [6.07, 6.45) is 0. The maximum absolute atomic E-state index is 12.6. The zero-order valence-electron chi connectivity index (χ0n) is 11.1. The van der Waals surface area contributed by atoms with Crippen molar-refractivity contribution in [2.45, 2.75) is 6.92 Å². The van der Waals surface area contributed by atoms with E-state index in [1.165, 1.54) is 0 Å². The quantitative estimate of drug-likeness (QED) is 0.380. The summed E-state index contributed by atoms with van der Waals surface area (Å²) < 4.78 is 0. The summed E-state index contributed by atoms with van der Waals surface area (Å²) in [7, 11) is 0. The first kappa shape index (κ1) is 15.6. The molecule has 0 spiro atoms. The Labute approximate surface area is 146 Å². The van der Waals surface area contributed by atoms with Gasteiger partial charge in [-0.2, -0.15) is 0 Å². The van der Waals surface area contributed by atoms with Crippen molar-refractivity contribution in [2.75, 3.05) is 4.90 Å². The van der Waals surface area contributed by atoms with Crippen molar-refractivity contribution >= 4 is 63.9 Å². The number of benzene rings is 2. The fourth-order valence-corrected chi connectivity index (χ4v) is 3.29. The van der Waals surface area contributed by atoms with E-state index in [-0.39, 0.29) is 31.2 Å². The van der Waals surface area contributed by atoms with E-state index < -0.39 is 11.8 Å². The maximum atomic E-state index is 12.6. The largest absolute Gasteiger partial charge is 0.268 e. The molecule has 1 aliphatic heterocycles. The Hall–Kier alpha value is -1.26. The van der Waals surface area contributed by atoms with Crippen molar-refractivity contribution < 1.29 is 9.59 Å². The molecule has 22 heavy (non-hydrogen) atoms. The monoisotopic (exact) mass is 373 g/mol. The molecule has 0 aromatic heterocycles. The van der Waals surface area contributed by atoms with Crippen LogP contribution in [0, 0.1) is 6.92 Å². The number of rotatable bonds is 1. The Bertz CT molecular complexity index is 784. The molecular formula is C15H7Cl4NO2. The predicted molar refractivity (Wildman–Crippen MR) is 88.8 cm³/mol. The van der Waals surface area contributed by atoms with Crippen LogP contribution in [0.5, 0.6) is 0 Å². The van der Waals surface area contributed by atoms with E-state index in [2.05, 4.69) is 0 Å². The highest BCUT2D eigenvalue weighted by Gasteiger charge is 2.42. The van der Waals surface area contributed by atoms with Crippen molar-refractivity contribution in [3.05, 3.63) is 61.0 Å². The summed E-state index contributed by atoms with van der Waals surface area (Å²) in [5.41, 5.74) is 1.39. The standard InChI is InChI=1S/C15H7Cl4NO2/c1-6-2-4-7(5-3-6)20-14(21)8-9(15(20)22)11(17)13(19)12(18)10(8)16/h2-5H,1H3. The van der Waals surface area contributed by atoms with E-state index in [1.807, 2.05) is 6.92 Å². The molecule has 1 aliphatic rings. The number of amides is 2. The predicted octanol–water partition coefficient (Wildman–Crippen LogP) is 5.41. The zero-order valence-corrected chi connectivity index (χ0v) is 14.1. The molecule has 0 unspecified atom stereocenters. The van der Waals surface area contributed by atoms with Gasteiger partial charge in [-0.1, -0.05) is 64.1 Å². The van der Waals surface area contributed by atoms with E-state index in [0.29, 0.717) is 5.69 Å². The molecule has 2 aromatic carbocycles. The number of halogens is 4. The fraction of sp³-hybridized carbons (Fsp3) is 0.0667. The first-order valence-electron chi connectivity index (χ1n) is 6.16. The van der Waals surface area contributed by atoms with Crippen LogP contribution in [0.2, 0.25) is 20.1 Å². The van der Waals surface area contributed by atoms with Gasteiger partial charge >= 0.3 is 0 Å². The van der Waals surface area contributed by atoms with Crippen LogP contribution in [0.3, 0.4) is 0 Å². The van der Waals surface area contributed by atoms with Crippen molar-refractivity contribution in [1.82, 2.24) is 0 Å². The van der Waals surface area contributed by atoms with E-state index >= 15 is 0 Å². The van der Waals surface area contributed by atoms with Crippen molar-refractivity contribution in [2.24, 2.45) is 0 Å². The van der Waals surface area contributed by atoms with Crippen LogP contribution < -0.4 is 4.90 Å². The summed E-state index contributed by atoms with van der Waals surface area (Å²) in [6.45, 7) is 1.90. The van der Waals surface area contributed by atoms with Crippen molar-refractivity contribution in [3.63, 3.8) is 0 Å². The highest BCUT2D eigenvalue weighted by molar-refractivity contribution is 6.56. The molecule has 0 bridgehead atoms. The first-order valence-corrected chi connectivity index (χ1v) is 7.67. The van der Waals surface area contributed by atoms with Crippen molar-refractivity contribution in [1.29, 1.82) is 0 Å². The van der Waals surface area contributed by atoms with Gasteiger partial charge in [-0.05, 0) is 19.1 Å². The molecule has 0 aliphatic carbocycles. The van der Waals surface area contributed by atoms with Crippen LogP contribution in [0.1, 0.15) is 26.3 Å². The minimum atomic E-state index is -0.575. The number of anilines is 1. The van der Waals surface area contributed by atoms with Gasteiger partial charge in [0, 0.05) is 0 Å². The molecular weight excluding hydrogens is 368 g/mol. The number of nitrogens with zero attached hydrogens (tertiary/aromatic N) is 1. The summed E-state index contributed by atoms with van der Waals surface area (Å²) in [4.78, 5) is 26.2. The normalized spacial score (nSPS) is 13.8. The third kappa shape index (κ3) is 2.12. The second-order valence-corrected chi connectivity index (χ2v) is 6.30.